The minimum absolute atomic E-state index is 0.0568. The van der Waals surface area contributed by atoms with Crippen molar-refractivity contribution in [3.05, 3.63) is 20.8 Å². The normalized spacial score (nSPS) is 16.9. The number of nitrogens with one attached hydrogen (secondary N) is 2. The van der Waals surface area contributed by atoms with E-state index in [9.17, 15) is 14.7 Å². The molecule has 0 radical (unpaired) electrons. The van der Waals surface area contributed by atoms with Crippen molar-refractivity contribution in [1.82, 2.24) is 9.55 Å². The Kier molecular flexibility index (Phi) is 3.66. The van der Waals surface area contributed by atoms with Gasteiger partial charge in [-0.05, 0) is 25.7 Å². The number of aliphatic hydroxyl groups is 1. The number of nitrogen functional groups attached to an aromatic ring is 1. The molecule has 1 fully saturated rings. The van der Waals surface area contributed by atoms with E-state index in [1.807, 2.05) is 6.92 Å². The highest BCUT2D eigenvalue weighted by Crippen LogP contribution is 2.34. The van der Waals surface area contributed by atoms with E-state index >= 15 is 0 Å². The molecule has 0 amide bonds. The second-order valence-corrected chi connectivity index (χ2v) is 5.09. The fraction of sp³-hybridized carbons (Fsp3) is 0.667. The number of aliphatic hydroxyl groups excluding tert-OH is 1. The highest BCUT2D eigenvalue weighted by atomic mass is 16.3. The zero-order valence-electron chi connectivity index (χ0n) is 11.0. The molecule has 106 valence electrons. The fourth-order valence-electron chi connectivity index (χ4n) is 2.35. The van der Waals surface area contributed by atoms with Gasteiger partial charge in [-0.2, -0.15) is 0 Å². The summed E-state index contributed by atoms with van der Waals surface area (Å²) >= 11 is 0. The lowest BCUT2D eigenvalue weighted by Gasteiger charge is -2.41. The predicted octanol–water partition coefficient (Wildman–Crippen LogP) is -0.144. The summed E-state index contributed by atoms with van der Waals surface area (Å²) in [7, 11) is 0. The molecular weight excluding hydrogens is 248 g/mol. The molecule has 1 heterocycles. The van der Waals surface area contributed by atoms with Crippen molar-refractivity contribution in [3.8, 4) is 0 Å². The van der Waals surface area contributed by atoms with E-state index in [-0.39, 0.29) is 18.1 Å². The van der Waals surface area contributed by atoms with Gasteiger partial charge >= 0.3 is 5.69 Å². The number of hydrogen-bond donors (Lipinski definition) is 4. The number of nitrogens with zero attached hydrogens (tertiary/aromatic N) is 1. The van der Waals surface area contributed by atoms with E-state index in [1.54, 1.807) is 0 Å². The molecule has 0 unspecified atom stereocenters. The lowest BCUT2D eigenvalue weighted by atomic mass is 9.77. The van der Waals surface area contributed by atoms with Gasteiger partial charge in [0.2, 0.25) is 0 Å². The Morgan fingerprint density at radius 2 is 2.16 bits per heavy atom. The molecule has 1 saturated carbocycles. The number of aromatic amines is 1. The van der Waals surface area contributed by atoms with E-state index in [1.165, 1.54) is 4.57 Å². The van der Waals surface area contributed by atoms with Gasteiger partial charge in [-0.25, -0.2) is 4.79 Å². The SMILES string of the molecule is CCCn1c(N)c(NC2(CO)CCC2)c(=O)[nH]c1=O. The molecule has 19 heavy (non-hydrogen) atoms. The number of nitrogens with two attached hydrogens (primary N) is 1. The molecule has 0 aromatic carbocycles. The van der Waals surface area contributed by atoms with Crippen LogP contribution in [0.2, 0.25) is 0 Å². The summed E-state index contributed by atoms with van der Waals surface area (Å²) in [6.07, 6.45) is 3.31. The van der Waals surface area contributed by atoms with Crippen LogP contribution >= 0.6 is 0 Å². The van der Waals surface area contributed by atoms with Gasteiger partial charge in [-0.3, -0.25) is 14.3 Å². The molecule has 0 saturated heterocycles. The smallest absolute Gasteiger partial charge is 0.330 e. The number of anilines is 2. The van der Waals surface area contributed by atoms with Crippen molar-refractivity contribution in [2.45, 2.75) is 44.7 Å². The highest BCUT2D eigenvalue weighted by molar-refractivity contribution is 5.62. The molecule has 7 nitrogen and oxygen atoms in total. The van der Waals surface area contributed by atoms with Crippen LogP contribution in [0, 0.1) is 0 Å². The third-order valence-corrected chi connectivity index (χ3v) is 3.69. The van der Waals surface area contributed by atoms with Crippen molar-refractivity contribution < 1.29 is 5.11 Å². The van der Waals surface area contributed by atoms with Gasteiger partial charge in [0.25, 0.3) is 5.56 Å². The number of rotatable bonds is 5. The van der Waals surface area contributed by atoms with Crippen molar-refractivity contribution in [3.63, 3.8) is 0 Å². The molecule has 1 aromatic heterocycles. The largest absolute Gasteiger partial charge is 0.394 e. The summed E-state index contributed by atoms with van der Waals surface area (Å²) in [4.78, 5) is 25.8. The third kappa shape index (κ3) is 2.37. The summed E-state index contributed by atoms with van der Waals surface area (Å²) in [5.74, 6) is 0.135. The maximum Gasteiger partial charge on any atom is 0.330 e. The maximum absolute atomic E-state index is 11.9. The first-order valence-electron chi connectivity index (χ1n) is 6.54. The zero-order chi connectivity index (χ0) is 14.0. The maximum atomic E-state index is 11.9. The van der Waals surface area contributed by atoms with E-state index in [2.05, 4.69) is 10.3 Å². The fourth-order valence-corrected chi connectivity index (χ4v) is 2.35. The standard InChI is InChI=1S/C12H20N4O3/c1-2-6-16-9(13)8(10(18)14-11(16)19)15-12(7-17)4-3-5-12/h15,17H,2-7,13H2,1H3,(H,14,18,19). The van der Waals surface area contributed by atoms with Crippen molar-refractivity contribution in [2.75, 3.05) is 17.7 Å². The van der Waals surface area contributed by atoms with Crippen LogP contribution in [0.4, 0.5) is 11.5 Å². The van der Waals surface area contributed by atoms with Crippen molar-refractivity contribution in [1.29, 1.82) is 0 Å². The van der Waals surface area contributed by atoms with Crippen LogP contribution < -0.4 is 22.3 Å². The molecule has 0 atom stereocenters. The van der Waals surface area contributed by atoms with Crippen LogP contribution in [0.1, 0.15) is 32.6 Å². The average molecular weight is 268 g/mol. The Labute approximate surface area is 110 Å². The van der Waals surface area contributed by atoms with Gasteiger partial charge < -0.3 is 16.2 Å². The van der Waals surface area contributed by atoms with Crippen LogP contribution in [0.15, 0.2) is 9.59 Å². The van der Waals surface area contributed by atoms with Gasteiger partial charge in [-0.1, -0.05) is 6.92 Å². The lowest BCUT2D eigenvalue weighted by molar-refractivity contribution is 0.144. The highest BCUT2D eigenvalue weighted by Gasteiger charge is 2.37. The van der Waals surface area contributed by atoms with Crippen molar-refractivity contribution in [2.24, 2.45) is 0 Å². The third-order valence-electron chi connectivity index (χ3n) is 3.69. The van der Waals surface area contributed by atoms with Crippen LogP contribution in [0.25, 0.3) is 0 Å². The van der Waals surface area contributed by atoms with E-state index in [4.69, 9.17) is 5.73 Å². The van der Waals surface area contributed by atoms with Gasteiger partial charge in [0.15, 0.2) is 0 Å². The predicted molar refractivity (Wildman–Crippen MR) is 73.3 cm³/mol. The van der Waals surface area contributed by atoms with E-state index in [0.29, 0.717) is 6.54 Å². The number of H-pyrrole nitrogens is 1. The number of aromatic nitrogens is 2. The minimum Gasteiger partial charge on any atom is -0.394 e. The second kappa shape index (κ2) is 5.08. The van der Waals surface area contributed by atoms with Crippen molar-refractivity contribution >= 4 is 11.5 Å². The topological polar surface area (TPSA) is 113 Å². The summed E-state index contributed by atoms with van der Waals surface area (Å²) in [6.45, 7) is 2.31. The lowest BCUT2D eigenvalue weighted by Crippen LogP contribution is -2.50. The molecule has 0 spiro atoms. The molecule has 7 heteroatoms. The first-order chi connectivity index (χ1) is 9.03. The molecule has 1 aliphatic carbocycles. The first-order valence-corrected chi connectivity index (χ1v) is 6.54. The molecule has 1 aliphatic rings. The summed E-state index contributed by atoms with van der Waals surface area (Å²) in [5.41, 5.74) is 4.58. The Hall–Kier alpha value is -1.76. The van der Waals surface area contributed by atoms with Gasteiger partial charge in [-0.15, -0.1) is 0 Å². The molecule has 2 rings (SSSR count). The van der Waals surface area contributed by atoms with Crippen LogP contribution in [-0.4, -0.2) is 26.8 Å². The Morgan fingerprint density at radius 1 is 1.47 bits per heavy atom. The Bertz CT molecular complexity index is 566. The summed E-state index contributed by atoms with van der Waals surface area (Å²) in [5, 5.41) is 12.4. The summed E-state index contributed by atoms with van der Waals surface area (Å²) in [6, 6.07) is 0. The molecule has 0 aliphatic heterocycles. The average Bonchev–Trinajstić information content (AvgIpc) is 2.33. The summed E-state index contributed by atoms with van der Waals surface area (Å²) < 4.78 is 1.34. The minimum atomic E-state index is -0.533. The van der Waals surface area contributed by atoms with Crippen LogP contribution in [-0.2, 0) is 6.54 Å². The van der Waals surface area contributed by atoms with E-state index in [0.717, 1.165) is 25.7 Å². The first kappa shape index (κ1) is 13.7. The van der Waals surface area contributed by atoms with Crippen LogP contribution in [0.3, 0.4) is 0 Å². The number of hydrogen-bond acceptors (Lipinski definition) is 5. The Balaban J connectivity index is 2.42. The van der Waals surface area contributed by atoms with E-state index < -0.39 is 16.8 Å². The second-order valence-electron chi connectivity index (χ2n) is 5.09. The Morgan fingerprint density at radius 3 is 2.63 bits per heavy atom. The van der Waals surface area contributed by atoms with Crippen LogP contribution in [0.5, 0.6) is 0 Å². The van der Waals surface area contributed by atoms with Gasteiger partial charge in [0, 0.05) is 6.54 Å². The monoisotopic (exact) mass is 268 g/mol. The molecular formula is C12H20N4O3. The molecule has 5 N–H and O–H groups in total. The quantitative estimate of drug-likeness (QED) is 0.593. The van der Waals surface area contributed by atoms with Gasteiger partial charge in [0.05, 0.1) is 12.1 Å². The zero-order valence-corrected chi connectivity index (χ0v) is 11.0. The van der Waals surface area contributed by atoms with Gasteiger partial charge in [0.1, 0.15) is 11.5 Å². The molecule has 0 bridgehead atoms. The molecule has 1 aromatic rings.